The molecule has 22 heavy (non-hydrogen) atoms. The van der Waals surface area contributed by atoms with Crippen LogP contribution in [0.5, 0.6) is 0 Å². The molecule has 1 aromatic carbocycles. The fourth-order valence-electron chi connectivity index (χ4n) is 2.70. The van der Waals surface area contributed by atoms with Crippen LogP contribution in [0.1, 0.15) is 39.2 Å². The minimum Gasteiger partial charge on any atom is -0.325 e. The van der Waals surface area contributed by atoms with Gasteiger partial charge in [0.05, 0.1) is 6.04 Å². The van der Waals surface area contributed by atoms with Crippen molar-refractivity contribution in [3.63, 3.8) is 0 Å². The van der Waals surface area contributed by atoms with E-state index in [0.29, 0.717) is 0 Å². The zero-order valence-electron chi connectivity index (χ0n) is 14.0. The van der Waals surface area contributed by atoms with Crippen molar-refractivity contribution in [2.45, 2.75) is 46.2 Å². The lowest BCUT2D eigenvalue weighted by molar-refractivity contribution is -0.118. The highest BCUT2D eigenvalue weighted by Crippen LogP contribution is 2.19. The van der Waals surface area contributed by atoms with Crippen molar-refractivity contribution in [2.24, 2.45) is 17.6 Å². The first kappa shape index (κ1) is 17.0. The van der Waals surface area contributed by atoms with Gasteiger partial charge in [0.2, 0.25) is 5.91 Å². The normalized spacial score (nSPS) is 18.4. The summed E-state index contributed by atoms with van der Waals surface area (Å²) in [4.78, 5) is 14.4. The first-order valence-electron chi connectivity index (χ1n) is 8.33. The summed E-state index contributed by atoms with van der Waals surface area (Å²) in [5, 5.41) is 2.88. The molecule has 3 N–H and O–H groups in total. The average molecular weight is 303 g/mol. The van der Waals surface area contributed by atoms with Crippen LogP contribution in [-0.4, -0.2) is 29.9 Å². The van der Waals surface area contributed by atoms with E-state index in [2.05, 4.69) is 29.3 Å². The molecular weight excluding hydrogens is 274 g/mol. The molecule has 1 amide bonds. The molecule has 1 saturated heterocycles. The summed E-state index contributed by atoms with van der Waals surface area (Å²) in [6, 6.07) is 7.65. The summed E-state index contributed by atoms with van der Waals surface area (Å²) in [6.45, 7) is 9.59. The Bertz CT molecular complexity index is 476. The molecular formula is C18H29N3O. The van der Waals surface area contributed by atoms with Gasteiger partial charge in [-0.15, -0.1) is 0 Å². The standard InChI is InChI=1S/C18H29N3O/c1-13(2)17(19)18(22)20-16-6-4-15(5-7-16)12-21-10-8-14(3)9-11-21/h4-7,13-14,17H,8-12,19H2,1-3H3,(H,20,22)/t17-/m0/s1. The maximum atomic E-state index is 11.9. The van der Waals surface area contributed by atoms with Gasteiger partial charge in [-0.3, -0.25) is 9.69 Å². The molecule has 1 atom stereocenters. The Kier molecular flexibility index (Phi) is 5.98. The lowest BCUT2D eigenvalue weighted by atomic mass is 9.99. The van der Waals surface area contributed by atoms with Gasteiger partial charge >= 0.3 is 0 Å². The van der Waals surface area contributed by atoms with Gasteiger partial charge in [-0.2, -0.15) is 0 Å². The summed E-state index contributed by atoms with van der Waals surface area (Å²) in [5.41, 5.74) is 7.96. The number of rotatable bonds is 5. The lowest BCUT2D eigenvalue weighted by Crippen LogP contribution is -2.39. The third-order valence-corrected chi connectivity index (χ3v) is 4.52. The summed E-state index contributed by atoms with van der Waals surface area (Å²) >= 11 is 0. The van der Waals surface area contributed by atoms with Crippen LogP contribution in [0.3, 0.4) is 0 Å². The number of nitrogens with two attached hydrogens (primary N) is 1. The second kappa shape index (κ2) is 7.75. The zero-order chi connectivity index (χ0) is 16.1. The lowest BCUT2D eigenvalue weighted by Gasteiger charge is -2.30. The first-order chi connectivity index (χ1) is 10.5. The Hall–Kier alpha value is -1.39. The number of amides is 1. The van der Waals surface area contributed by atoms with Crippen LogP contribution < -0.4 is 11.1 Å². The molecule has 1 aromatic rings. The second-order valence-corrected chi connectivity index (χ2v) is 6.91. The van der Waals surface area contributed by atoms with E-state index in [0.717, 1.165) is 18.2 Å². The molecule has 1 fully saturated rings. The quantitative estimate of drug-likeness (QED) is 0.879. The predicted octanol–water partition coefficient (Wildman–Crippen LogP) is 2.84. The van der Waals surface area contributed by atoms with E-state index >= 15 is 0 Å². The molecule has 0 spiro atoms. The number of carbonyl (C=O) groups is 1. The number of nitrogens with one attached hydrogen (secondary N) is 1. The maximum absolute atomic E-state index is 11.9. The first-order valence-corrected chi connectivity index (χ1v) is 8.33. The smallest absolute Gasteiger partial charge is 0.241 e. The van der Waals surface area contributed by atoms with Gasteiger partial charge in [0.25, 0.3) is 0 Å². The number of anilines is 1. The highest BCUT2D eigenvalue weighted by Gasteiger charge is 2.18. The van der Waals surface area contributed by atoms with Gasteiger partial charge < -0.3 is 11.1 Å². The number of piperidine rings is 1. The third-order valence-electron chi connectivity index (χ3n) is 4.52. The molecule has 0 saturated carbocycles. The van der Waals surface area contributed by atoms with E-state index in [1.54, 1.807) is 0 Å². The molecule has 0 radical (unpaired) electrons. The molecule has 0 aliphatic carbocycles. The van der Waals surface area contributed by atoms with Crippen LogP contribution in [-0.2, 0) is 11.3 Å². The highest BCUT2D eigenvalue weighted by atomic mass is 16.2. The molecule has 0 aromatic heterocycles. The van der Waals surface area contributed by atoms with Crippen LogP contribution in [0, 0.1) is 11.8 Å². The minimum absolute atomic E-state index is 0.118. The van der Waals surface area contributed by atoms with Crippen molar-refractivity contribution in [1.29, 1.82) is 0 Å². The zero-order valence-corrected chi connectivity index (χ0v) is 14.0. The SMILES string of the molecule is CC1CCN(Cc2ccc(NC(=O)[C@@H](N)C(C)C)cc2)CC1. The number of nitrogens with zero attached hydrogens (tertiary/aromatic N) is 1. The van der Waals surface area contributed by atoms with Crippen LogP contribution in [0.25, 0.3) is 0 Å². The predicted molar refractivity (Wildman–Crippen MR) is 91.6 cm³/mol. The molecule has 0 unspecified atom stereocenters. The van der Waals surface area contributed by atoms with E-state index in [4.69, 9.17) is 5.73 Å². The van der Waals surface area contributed by atoms with Gasteiger partial charge in [-0.05, 0) is 55.5 Å². The van der Waals surface area contributed by atoms with Gasteiger partial charge in [0.1, 0.15) is 0 Å². The number of benzene rings is 1. The Morgan fingerprint density at radius 2 is 1.86 bits per heavy atom. The summed E-state index contributed by atoms with van der Waals surface area (Å²) in [6.07, 6.45) is 2.59. The van der Waals surface area contributed by atoms with Crippen LogP contribution in [0.4, 0.5) is 5.69 Å². The van der Waals surface area contributed by atoms with Crippen molar-refractivity contribution in [3.8, 4) is 0 Å². The average Bonchev–Trinajstić information content (AvgIpc) is 2.50. The van der Waals surface area contributed by atoms with Crippen molar-refractivity contribution < 1.29 is 4.79 Å². The molecule has 122 valence electrons. The summed E-state index contributed by atoms with van der Waals surface area (Å²) in [7, 11) is 0. The van der Waals surface area contributed by atoms with E-state index in [9.17, 15) is 4.79 Å². The number of hydrogen-bond acceptors (Lipinski definition) is 3. The number of carbonyl (C=O) groups excluding carboxylic acids is 1. The monoisotopic (exact) mass is 303 g/mol. The molecule has 2 rings (SSSR count). The van der Waals surface area contributed by atoms with Gasteiger partial charge in [-0.1, -0.05) is 32.9 Å². The van der Waals surface area contributed by atoms with E-state index in [1.165, 1.54) is 31.5 Å². The number of likely N-dealkylation sites (tertiary alicyclic amines) is 1. The van der Waals surface area contributed by atoms with Gasteiger partial charge in [-0.25, -0.2) is 0 Å². The van der Waals surface area contributed by atoms with Crippen LogP contribution in [0.2, 0.25) is 0 Å². The minimum atomic E-state index is -0.463. The fraction of sp³-hybridized carbons (Fsp3) is 0.611. The van der Waals surface area contributed by atoms with Gasteiger partial charge in [0.15, 0.2) is 0 Å². The van der Waals surface area contributed by atoms with Gasteiger partial charge in [0, 0.05) is 12.2 Å². The second-order valence-electron chi connectivity index (χ2n) is 6.91. The Labute approximate surface area is 134 Å². The highest BCUT2D eigenvalue weighted by molar-refractivity contribution is 5.94. The Balaban J connectivity index is 1.86. The van der Waals surface area contributed by atoms with Crippen LogP contribution in [0.15, 0.2) is 24.3 Å². The Morgan fingerprint density at radius 3 is 2.41 bits per heavy atom. The number of hydrogen-bond donors (Lipinski definition) is 2. The van der Waals surface area contributed by atoms with E-state index < -0.39 is 6.04 Å². The molecule has 1 heterocycles. The fourth-order valence-corrected chi connectivity index (χ4v) is 2.70. The summed E-state index contributed by atoms with van der Waals surface area (Å²) in [5.74, 6) is 0.882. The van der Waals surface area contributed by atoms with Crippen molar-refractivity contribution in [1.82, 2.24) is 4.90 Å². The Morgan fingerprint density at radius 1 is 1.27 bits per heavy atom. The van der Waals surface area contributed by atoms with Crippen molar-refractivity contribution in [2.75, 3.05) is 18.4 Å². The molecule has 1 aliphatic rings. The molecule has 4 nitrogen and oxygen atoms in total. The van der Waals surface area contributed by atoms with Crippen molar-refractivity contribution in [3.05, 3.63) is 29.8 Å². The summed E-state index contributed by atoms with van der Waals surface area (Å²) < 4.78 is 0. The van der Waals surface area contributed by atoms with E-state index in [1.807, 2.05) is 26.0 Å². The van der Waals surface area contributed by atoms with Crippen molar-refractivity contribution >= 4 is 11.6 Å². The maximum Gasteiger partial charge on any atom is 0.241 e. The van der Waals surface area contributed by atoms with E-state index in [-0.39, 0.29) is 11.8 Å². The van der Waals surface area contributed by atoms with Crippen LogP contribution >= 0.6 is 0 Å². The topological polar surface area (TPSA) is 58.4 Å². The third kappa shape index (κ3) is 4.82. The molecule has 4 heteroatoms. The molecule has 1 aliphatic heterocycles. The molecule has 0 bridgehead atoms. The largest absolute Gasteiger partial charge is 0.325 e.